The van der Waals surface area contributed by atoms with Crippen molar-refractivity contribution in [2.24, 2.45) is 11.3 Å². The van der Waals surface area contributed by atoms with Gasteiger partial charge in [-0.25, -0.2) is 0 Å². The number of hydrogen-bond donors (Lipinski definition) is 2. The number of hydrogen-bond acceptors (Lipinski definition) is 3. The lowest BCUT2D eigenvalue weighted by Gasteiger charge is -2.37. The van der Waals surface area contributed by atoms with E-state index in [1.807, 2.05) is 0 Å². The Morgan fingerprint density at radius 1 is 1.33 bits per heavy atom. The van der Waals surface area contributed by atoms with Crippen molar-refractivity contribution in [2.75, 3.05) is 32.1 Å². The van der Waals surface area contributed by atoms with Crippen LogP contribution in [0.4, 0.5) is 0 Å². The van der Waals surface area contributed by atoms with Gasteiger partial charge in [-0.05, 0) is 42.9 Å². The molecule has 1 saturated heterocycles. The highest BCUT2D eigenvalue weighted by Crippen LogP contribution is 2.33. The van der Waals surface area contributed by atoms with Crippen LogP contribution in [0.25, 0.3) is 0 Å². The minimum absolute atomic E-state index is 0.403. The second kappa shape index (κ2) is 6.77. The average molecular weight is 231 g/mol. The van der Waals surface area contributed by atoms with Crippen LogP contribution in [0.15, 0.2) is 0 Å². The van der Waals surface area contributed by atoms with Gasteiger partial charge in [0.1, 0.15) is 0 Å². The number of nitrogens with one attached hydrogen (secondary N) is 1. The van der Waals surface area contributed by atoms with E-state index in [0.29, 0.717) is 5.41 Å². The Kier molecular flexibility index (Phi) is 6.02. The summed E-state index contributed by atoms with van der Waals surface area (Å²) in [6, 6.07) is 0. The molecule has 1 heterocycles. The van der Waals surface area contributed by atoms with Crippen molar-refractivity contribution in [3.05, 3.63) is 0 Å². The van der Waals surface area contributed by atoms with E-state index in [-0.39, 0.29) is 0 Å². The highest BCUT2D eigenvalue weighted by molar-refractivity contribution is 7.80. The van der Waals surface area contributed by atoms with Crippen LogP contribution in [0.3, 0.4) is 0 Å². The minimum atomic E-state index is 0.403. The second-order valence-electron chi connectivity index (χ2n) is 5.13. The molecule has 2 nitrogen and oxygen atoms in total. The lowest BCUT2D eigenvalue weighted by atomic mass is 9.74. The Balaban J connectivity index is 2.23. The predicted octanol–water partition coefficient (Wildman–Crippen LogP) is 2.35. The Hall–Kier alpha value is 0.270. The van der Waals surface area contributed by atoms with Crippen molar-refractivity contribution in [3.63, 3.8) is 0 Å². The molecule has 0 saturated carbocycles. The molecule has 0 bridgehead atoms. The van der Waals surface area contributed by atoms with E-state index in [2.05, 4.69) is 31.8 Å². The van der Waals surface area contributed by atoms with Crippen LogP contribution in [0.1, 0.15) is 33.1 Å². The number of thiol groups is 1. The highest BCUT2D eigenvalue weighted by atomic mass is 32.1. The lowest BCUT2D eigenvalue weighted by Crippen LogP contribution is -2.38. The molecule has 1 aliphatic heterocycles. The summed E-state index contributed by atoms with van der Waals surface area (Å²) in [7, 11) is 0. The predicted molar refractivity (Wildman–Crippen MR) is 68.7 cm³/mol. The largest absolute Gasteiger partial charge is 0.381 e. The van der Waals surface area contributed by atoms with Gasteiger partial charge in [-0.3, -0.25) is 0 Å². The van der Waals surface area contributed by atoms with Crippen LogP contribution in [0, 0.1) is 11.3 Å². The van der Waals surface area contributed by atoms with Crippen LogP contribution in [-0.4, -0.2) is 32.1 Å². The van der Waals surface area contributed by atoms with E-state index in [1.54, 1.807) is 0 Å². The summed E-state index contributed by atoms with van der Waals surface area (Å²) >= 11 is 4.21. The van der Waals surface area contributed by atoms with Gasteiger partial charge in [-0.1, -0.05) is 13.8 Å². The quantitative estimate of drug-likeness (QED) is 0.541. The van der Waals surface area contributed by atoms with Crippen molar-refractivity contribution >= 4 is 12.6 Å². The molecule has 1 aliphatic rings. The zero-order valence-electron chi connectivity index (χ0n) is 10.1. The number of ether oxygens (including phenoxy) is 1. The Morgan fingerprint density at radius 2 is 2.00 bits per heavy atom. The molecule has 15 heavy (non-hydrogen) atoms. The van der Waals surface area contributed by atoms with Crippen molar-refractivity contribution in [2.45, 2.75) is 33.1 Å². The molecule has 0 radical (unpaired) electrons. The summed E-state index contributed by atoms with van der Waals surface area (Å²) in [5.74, 6) is 1.79. The highest BCUT2D eigenvalue weighted by Gasteiger charge is 2.30. The third-order valence-corrected chi connectivity index (χ3v) is 3.73. The van der Waals surface area contributed by atoms with Gasteiger partial charge in [0, 0.05) is 19.8 Å². The minimum Gasteiger partial charge on any atom is -0.381 e. The van der Waals surface area contributed by atoms with E-state index in [0.717, 1.165) is 44.4 Å². The molecule has 0 aromatic carbocycles. The second-order valence-corrected chi connectivity index (χ2v) is 5.58. The molecule has 0 aromatic rings. The van der Waals surface area contributed by atoms with Crippen molar-refractivity contribution in [1.82, 2.24) is 5.32 Å². The van der Waals surface area contributed by atoms with E-state index >= 15 is 0 Å². The first-order valence-electron chi connectivity index (χ1n) is 6.06. The monoisotopic (exact) mass is 231 g/mol. The Labute approximate surface area is 99.6 Å². The molecular weight excluding hydrogens is 206 g/mol. The summed E-state index contributed by atoms with van der Waals surface area (Å²) in [4.78, 5) is 0. The lowest BCUT2D eigenvalue weighted by molar-refractivity contribution is 0.0229. The fraction of sp³-hybridized carbons (Fsp3) is 1.00. The van der Waals surface area contributed by atoms with Crippen LogP contribution in [0.2, 0.25) is 0 Å². The molecule has 90 valence electrons. The zero-order chi connectivity index (χ0) is 11.1. The summed E-state index contributed by atoms with van der Waals surface area (Å²) < 4.78 is 5.41. The SMILES string of the molecule is CC(C)(CNCCCS)C1CCOCC1. The zero-order valence-corrected chi connectivity index (χ0v) is 11.0. The maximum absolute atomic E-state index is 5.41. The molecule has 1 N–H and O–H groups in total. The molecule has 3 heteroatoms. The van der Waals surface area contributed by atoms with Gasteiger partial charge in [0.15, 0.2) is 0 Å². The van der Waals surface area contributed by atoms with E-state index in [1.165, 1.54) is 12.8 Å². The molecule has 1 rings (SSSR count). The van der Waals surface area contributed by atoms with Gasteiger partial charge in [0.05, 0.1) is 0 Å². The van der Waals surface area contributed by atoms with Crippen LogP contribution < -0.4 is 5.32 Å². The average Bonchev–Trinajstić information content (AvgIpc) is 2.26. The Bertz CT molecular complexity index is 167. The molecule has 1 fully saturated rings. The smallest absolute Gasteiger partial charge is 0.0468 e. The van der Waals surface area contributed by atoms with Crippen LogP contribution in [0.5, 0.6) is 0 Å². The van der Waals surface area contributed by atoms with E-state index in [4.69, 9.17) is 4.74 Å². The third kappa shape index (κ3) is 4.75. The molecular formula is C12H25NOS. The molecule has 0 aromatic heterocycles. The molecule has 0 amide bonds. The standard InChI is InChI=1S/C12H25NOS/c1-12(2,10-13-6-3-9-15)11-4-7-14-8-5-11/h11,13,15H,3-10H2,1-2H3. The molecule has 0 unspecified atom stereocenters. The summed E-state index contributed by atoms with van der Waals surface area (Å²) in [5.41, 5.74) is 0.403. The van der Waals surface area contributed by atoms with Gasteiger partial charge in [0.2, 0.25) is 0 Å². The fourth-order valence-corrected chi connectivity index (χ4v) is 2.40. The van der Waals surface area contributed by atoms with Crippen LogP contribution >= 0.6 is 12.6 Å². The maximum Gasteiger partial charge on any atom is 0.0468 e. The van der Waals surface area contributed by atoms with Gasteiger partial charge in [-0.15, -0.1) is 0 Å². The van der Waals surface area contributed by atoms with Crippen molar-refractivity contribution in [3.8, 4) is 0 Å². The normalized spacial score (nSPS) is 19.4. The number of rotatable bonds is 6. The molecule has 0 aliphatic carbocycles. The first-order valence-corrected chi connectivity index (χ1v) is 6.69. The molecule has 0 spiro atoms. The topological polar surface area (TPSA) is 21.3 Å². The van der Waals surface area contributed by atoms with Gasteiger partial charge in [-0.2, -0.15) is 12.6 Å². The van der Waals surface area contributed by atoms with Crippen LogP contribution in [-0.2, 0) is 4.74 Å². The molecule has 0 atom stereocenters. The first-order chi connectivity index (χ1) is 7.17. The van der Waals surface area contributed by atoms with E-state index < -0.39 is 0 Å². The van der Waals surface area contributed by atoms with Gasteiger partial charge < -0.3 is 10.1 Å². The van der Waals surface area contributed by atoms with E-state index in [9.17, 15) is 0 Å². The maximum atomic E-state index is 5.41. The summed E-state index contributed by atoms with van der Waals surface area (Å²) in [6.07, 6.45) is 3.61. The Morgan fingerprint density at radius 3 is 2.60 bits per heavy atom. The van der Waals surface area contributed by atoms with Gasteiger partial charge in [0.25, 0.3) is 0 Å². The fourth-order valence-electron chi connectivity index (χ4n) is 2.24. The summed E-state index contributed by atoms with van der Waals surface area (Å²) in [6.45, 7) is 8.85. The van der Waals surface area contributed by atoms with Crippen molar-refractivity contribution < 1.29 is 4.74 Å². The van der Waals surface area contributed by atoms with Crippen molar-refractivity contribution in [1.29, 1.82) is 0 Å². The van der Waals surface area contributed by atoms with Gasteiger partial charge >= 0.3 is 0 Å². The summed E-state index contributed by atoms with van der Waals surface area (Å²) in [5, 5.41) is 3.53. The first kappa shape index (κ1) is 13.3. The third-order valence-electron chi connectivity index (χ3n) is 3.42.